The zero-order valence-corrected chi connectivity index (χ0v) is 23.0. The lowest BCUT2D eigenvalue weighted by Gasteiger charge is -2.35. The molecule has 0 radical (unpaired) electrons. The summed E-state index contributed by atoms with van der Waals surface area (Å²) in [5.74, 6) is -1.98. The third-order valence-electron chi connectivity index (χ3n) is 7.51. The van der Waals surface area contributed by atoms with Gasteiger partial charge in [-0.1, -0.05) is 18.2 Å². The number of hydrogen-bond acceptors (Lipinski definition) is 8. The van der Waals surface area contributed by atoms with Crippen LogP contribution in [0.1, 0.15) is 25.7 Å². The van der Waals surface area contributed by atoms with Gasteiger partial charge in [-0.15, -0.1) is 0 Å². The van der Waals surface area contributed by atoms with Crippen LogP contribution in [-0.2, 0) is 14.3 Å². The number of piperidine rings is 1. The zero-order chi connectivity index (χ0) is 29.1. The molecule has 3 heterocycles. The molecular weight excluding hydrogens is 541 g/mol. The molecule has 12 heteroatoms. The summed E-state index contributed by atoms with van der Waals surface area (Å²) in [4.78, 5) is 32.5. The topological polar surface area (TPSA) is 93.2 Å². The van der Waals surface area contributed by atoms with Gasteiger partial charge in [0.2, 0.25) is 0 Å². The molecule has 3 aromatic rings. The lowest BCUT2D eigenvalue weighted by Crippen LogP contribution is -2.53. The van der Waals surface area contributed by atoms with E-state index in [0.717, 1.165) is 31.4 Å². The van der Waals surface area contributed by atoms with E-state index in [4.69, 9.17) is 14.5 Å². The maximum atomic E-state index is 12.8. The molecule has 1 N–H and O–H groups in total. The largest absolute Gasteiger partial charge is 0.493 e. The van der Waals surface area contributed by atoms with Gasteiger partial charge in [-0.05, 0) is 44.5 Å². The standard InChI is InChI=1S/C29H33F3N4O5/c1-35-17-18(14-25(27(35)37)41-28(38)29(30,31)32)33-26-19-8-3-4-9-21(19)34-22-16-24(23(39-2)15-20(22)26)40-13-7-12-36-10-5-6-11-36/h3-4,8-9,15-16,18,25H,5-7,10-14,17H2,1-2H3,(H,33,34). The van der Waals surface area contributed by atoms with Gasteiger partial charge >= 0.3 is 12.1 Å². The molecule has 0 spiro atoms. The lowest BCUT2D eigenvalue weighted by atomic mass is 10.0. The predicted octanol–water partition coefficient (Wildman–Crippen LogP) is 4.38. The van der Waals surface area contributed by atoms with Crippen molar-refractivity contribution in [1.82, 2.24) is 14.8 Å². The summed E-state index contributed by atoms with van der Waals surface area (Å²) in [6.07, 6.45) is -3.52. The molecule has 2 fully saturated rings. The Bertz CT molecular complexity index is 1430. The van der Waals surface area contributed by atoms with Crippen LogP contribution in [0.4, 0.5) is 18.9 Å². The van der Waals surface area contributed by atoms with E-state index in [0.29, 0.717) is 40.2 Å². The number of esters is 1. The third kappa shape index (κ3) is 6.42. The van der Waals surface area contributed by atoms with Gasteiger partial charge in [0.15, 0.2) is 17.6 Å². The Kier molecular flexibility index (Phi) is 8.39. The first-order valence-electron chi connectivity index (χ1n) is 13.7. The molecule has 0 aliphatic carbocycles. The molecule has 2 aromatic carbocycles. The van der Waals surface area contributed by atoms with Gasteiger partial charge in [-0.25, -0.2) is 9.78 Å². The zero-order valence-electron chi connectivity index (χ0n) is 23.0. The van der Waals surface area contributed by atoms with E-state index in [9.17, 15) is 22.8 Å². The monoisotopic (exact) mass is 574 g/mol. The number of ether oxygens (including phenoxy) is 3. The van der Waals surface area contributed by atoms with Crippen molar-refractivity contribution in [3.63, 3.8) is 0 Å². The van der Waals surface area contributed by atoms with Gasteiger partial charge in [0.1, 0.15) is 0 Å². The number of nitrogens with zero attached hydrogens (tertiary/aromatic N) is 3. The number of rotatable bonds is 9. The van der Waals surface area contributed by atoms with Crippen LogP contribution in [0, 0.1) is 0 Å². The van der Waals surface area contributed by atoms with E-state index >= 15 is 0 Å². The maximum Gasteiger partial charge on any atom is 0.490 e. The van der Waals surface area contributed by atoms with Crippen molar-refractivity contribution in [3.05, 3.63) is 36.4 Å². The summed E-state index contributed by atoms with van der Waals surface area (Å²) < 4.78 is 54.9. The van der Waals surface area contributed by atoms with E-state index in [1.54, 1.807) is 7.11 Å². The molecule has 1 amide bonds. The highest BCUT2D eigenvalue weighted by molar-refractivity contribution is 6.08. The lowest BCUT2D eigenvalue weighted by molar-refractivity contribution is -0.207. The number of anilines is 1. The number of halogens is 3. The first kappa shape index (κ1) is 28.7. The Labute approximate surface area is 235 Å². The first-order valence-corrected chi connectivity index (χ1v) is 13.7. The summed E-state index contributed by atoms with van der Waals surface area (Å²) in [5.41, 5.74) is 2.02. The Hall–Kier alpha value is -3.80. The number of benzene rings is 2. The summed E-state index contributed by atoms with van der Waals surface area (Å²) >= 11 is 0. The SMILES string of the molecule is COc1cc2c(NC3CC(OC(=O)C(F)(F)F)C(=O)N(C)C3)c3ccccc3nc2cc1OCCCN1CCCC1. The fraction of sp³-hybridized carbons (Fsp3) is 0.483. The fourth-order valence-electron chi connectivity index (χ4n) is 5.51. The number of hydrogen-bond donors (Lipinski definition) is 1. The number of amides is 1. The maximum absolute atomic E-state index is 12.8. The second-order valence-electron chi connectivity index (χ2n) is 10.5. The van der Waals surface area contributed by atoms with Crippen LogP contribution in [0.3, 0.4) is 0 Å². The molecular formula is C29H33F3N4O5. The molecule has 9 nitrogen and oxygen atoms in total. The number of nitrogens with one attached hydrogen (secondary N) is 1. The van der Waals surface area contributed by atoms with Gasteiger partial charge in [-0.2, -0.15) is 13.2 Å². The smallest absolute Gasteiger partial charge is 0.490 e. The number of methoxy groups -OCH3 is 1. The first-order chi connectivity index (χ1) is 19.6. The van der Waals surface area contributed by atoms with E-state index in [1.807, 2.05) is 36.4 Å². The minimum absolute atomic E-state index is 0.127. The van der Waals surface area contributed by atoms with Crippen LogP contribution in [-0.4, -0.2) is 91.9 Å². The van der Waals surface area contributed by atoms with Crippen LogP contribution < -0.4 is 14.8 Å². The molecule has 1 aromatic heterocycles. The van der Waals surface area contributed by atoms with Crippen LogP contribution >= 0.6 is 0 Å². The number of likely N-dealkylation sites (tertiary alicyclic amines) is 2. The van der Waals surface area contributed by atoms with Gasteiger partial charge in [0, 0.05) is 49.4 Å². The summed E-state index contributed by atoms with van der Waals surface area (Å²) in [6.45, 7) is 3.96. The molecule has 41 heavy (non-hydrogen) atoms. The summed E-state index contributed by atoms with van der Waals surface area (Å²) in [5, 5.41) is 4.90. The van der Waals surface area contributed by atoms with Crippen molar-refractivity contribution in [2.45, 2.75) is 44.0 Å². The highest BCUT2D eigenvalue weighted by Crippen LogP contribution is 2.39. The van der Waals surface area contributed by atoms with Crippen molar-refractivity contribution in [1.29, 1.82) is 0 Å². The molecule has 220 valence electrons. The number of pyridine rings is 1. The van der Waals surface area contributed by atoms with E-state index in [2.05, 4.69) is 15.0 Å². The van der Waals surface area contributed by atoms with Crippen molar-refractivity contribution in [3.8, 4) is 11.5 Å². The van der Waals surface area contributed by atoms with E-state index < -0.39 is 30.2 Å². The van der Waals surface area contributed by atoms with Crippen molar-refractivity contribution >= 4 is 39.4 Å². The Balaban J connectivity index is 1.42. The van der Waals surface area contributed by atoms with Crippen molar-refractivity contribution < 1.29 is 37.0 Å². The molecule has 2 saturated heterocycles. The van der Waals surface area contributed by atoms with Crippen molar-refractivity contribution in [2.75, 3.05) is 52.3 Å². The van der Waals surface area contributed by atoms with Gasteiger partial charge in [0.25, 0.3) is 5.91 Å². The van der Waals surface area contributed by atoms with Crippen LogP contribution in [0.5, 0.6) is 11.5 Å². The number of para-hydroxylation sites is 1. The van der Waals surface area contributed by atoms with Gasteiger partial charge in [0.05, 0.1) is 30.4 Å². The quantitative estimate of drug-likeness (QED) is 0.229. The molecule has 2 unspecified atom stereocenters. The van der Waals surface area contributed by atoms with Gasteiger partial charge in [-0.3, -0.25) is 4.79 Å². The van der Waals surface area contributed by atoms with Crippen LogP contribution in [0.15, 0.2) is 36.4 Å². The molecule has 2 aliphatic rings. The molecule has 2 aliphatic heterocycles. The third-order valence-corrected chi connectivity index (χ3v) is 7.51. The van der Waals surface area contributed by atoms with E-state index in [1.165, 1.54) is 24.8 Å². The number of fused-ring (bicyclic) bond motifs is 2. The number of likely N-dealkylation sites (N-methyl/N-ethyl adjacent to an activating group) is 1. The molecule has 0 bridgehead atoms. The normalized spacial score (nSPS) is 20.0. The predicted molar refractivity (Wildman–Crippen MR) is 147 cm³/mol. The van der Waals surface area contributed by atoms with E-state index in [-0.39, 0.29) is 13.0 Å². The minimum Gasteiger partial charge on any atom is -0.493 e. The van der Waals surface area contributed by atoms with Gasteiger partial charge < -0.3 is 29.3 Å². The summed E-state index contributed by atoms with van der Waals surface area (Å²) in [6, 6.07) is 10.6. The molecule has 5 rings (SSSR count). The molecule has 2 atom stereocenters. The Morgan fingerprint density at radius 1 is 1.10 bits per heavy atom. The number of carbonyl (C=O) groups is 2. The minimum atomic E-state index is -5.19. The highest BCUT2D eigenvalue weighted by atomic mass is 19.4. The number of alkyl halides is 3. The Morgan fingerprint density at radius 2 is 1.85 bits per heavy atom. The summed E-state index contributed by atoms with van der Waals surface area (Å²) in [7, 11) is 3.02. The number of carbonyl (C=O) groups excluding carboxylic acids is 2. The second kappa shape index (κ2) is 12.0. The average Bonchev–Trinajstić information content (AvgIpc) is 3.46. The fourth-order valence-corrected chi connectivity index (χ4v) is 5.51. The average molecular weight is 575 g/mol. The van der Waals surface area contributed by atoms with Crippen molar-refractivity contribution in [2.24, 2.45) is 0 Å². The molecule has 0 saturated carbocycles. The highest BCUT2D eigenvalue weighted by Gasteiger charge is 2.45. The second-order valence-corrected chi connectivity index (χ2v) is 10.5. The Morgan fingerprint density at radius 3 is 2.59 bits per heavy atom. The van der Waals surface area contributed by atoms with Crippen LogP contribution in [0.2, 0.25) is 0 Å². The van der Waals surface area contributed by atoms with Crippen LogP contribution in [0.25, 0.3) is 21.8 Å². The number of aromatic nitrogens is 1.